The molecule has 1 aliphatic carbocycles. The van der Waals surface area contributed by atoms with Gasteiger partial charge in [0.05, 0.1) is 6.61 Å². The lowest BCUT2D eigenvalue weighted by molar-refractivity contribution is -0.232. The molecule has 96 valence electrons. The van der Waals surface area contributed by atoms with Crippen molar-refractivity contribution in [2.24, 2.45) is 11.8 Å². The minimum Gasteiger partial charge on any atom is -0.396 e. The molecule has 0 radical (unpaired) electrons. The molecule has 0 aromatic heterocycles. The second kappa shape index (κ2) is 5.89. The third-order valence-electron chi connectivity index (χ3n) is 3.20. The number of aliphatic hydroxyl groups is 2. The summed E-state index contributed by atoms with van der Waals surface area (Å²) in [7, 11) is 0. The van der Waals surface area contributed by atoms with E-state index in [0.29, 0.717) is 6.92 Å². The molecular formula is C11H20F2O3. The molecule has 0 aliphatic heterocycles. The number of hydrogen-bond acceptors (Lipinski definition) is 3. The van der Waals surface area contributed by atoms with Crippen LogP contribution in [0.3, 0.4) is 0 Å². The Balaban J connectivity index is 2.35. The Morgan fingerprint density at radius 1 is 1.31 bits per heavy atom. The van der Waals surface area contributed by atoms with Crippen LogP contribution in [0.15, 0.2) is 0 Å². The van der Waals surface area contributed by atoms with Gasteiger partial charge in [-0.3, -0.25) is 0 Å². The first-order valence-electron chi connectivity index (χ1n) is 5.73. The highest BCUT2D eigenvalue weighted by atomic mass is 19.3. The summed E-state index contributed by atoms with van der Waals surface area (Å²) in [6, 6.07) is 0. The molecule has 1 aliphatic rings. The van der Waals surface area contributed by atoms with Crippen LogP contribution in [0, 0.1) is 11.8 Å². The normalized spacial score (nSPS) is 29.1. The standard InChI is InChI=1S/C11H20F2O3/c1-11(12,13)10(15)16-7-9-5-3-2-4-8(9)6-14/h8-10,14-15H,2-7H2,1H3. The smallest absolute Gasteiger partial charge is 0.295 e. The molecule has 0 aromatic carbocycles. The average Bonchev–Trinajstić information content (AvgIpc) is 2.24. The first-order valence-corrected chi connectivity index (χ1v) is 5.73. The van der Waals surface area contributed by atoms with Gasteiger partial charge in [-0.2, -0.15) is 0 Å². The molecule has 1 fully saturated rings. The van der Waals surface area contributed by atoms with Crippen LogP contribution < -0.4 is 0 Å². The molecule has 3 unspecified atom stereocenters. The molecule has 1 rings (SSSR count). The van der Waals surface area contributed by atoms with E-state index >= 15 is 0 Å². The summed E-state index contributed by atoms with van der Waals surface area (Å²) in [6.45, 7) is 0.782. The SMILES string of the molecule is CC(F)(F)C(O)OCC1CCCCC1CO. The zero-order valence-electron chi connectivity index (χ0n) is 9.53. The van der Waals surface area contributed by atoms with E-state index in [4.69, 9.17) is 14.9 Å². The predicted molar refractivity (Wildman–Crippen MR) is 55.1 cm³/mol. The summed E-state index contributed by atoms with van der Waals surface area (Å²) in [5.41, 5.74) is 0. The van der Waals surface area contributed by atoms with Gasteiger partial charge in [-0.05, 0) is 24.7 Å². The van der Waals surface area contributed by atoms with E-state index in [0.717, 1.165) is 25.7 Å². The second-order valence-electron chi connectivity index (χ2n) is 4.63. The topological polar surface area (TPSA) is 49.7 Å². The van der Waals surface area contributed by atoms with Crippen molar-refractivity contribution in [3.05, 3.63) is 0 Å². The van der Waals surface area contributed by atoms with Crippen LogP contribution in [0.1, 0.15) is 32.6 Å². The molecular weight excluding hydrogens is 218 g/mol. The average molecular weight is 238 g/mol. The lowest BCUT2D eigenvalue weighted by Crippen LogP contribution is -2.36. The van der Waals surface area contributed by atoms with Gasteiger partial charge in [-0.25, -0.2) is 8.78 Å². The number of alkyl halides is 2. The van der Waals surface area contributed by atoms with Crippen molar-refractivity contribution in [1.82, 2.24) is 0 Å². The first kappa shape index (κ1) is 13.8. The fourth-order valence-electron chi connectivity index (χ4n) is 2.11. The summed E-state index contributed by atoms with van der Waals surface area (Å²) >= 11 is 0. The van der Waals surface area contributed by atoms with Gasteiger partial charge >= 0.3 is 0 Å². The van der Waals surface area contributed by atoms with E-state index in [1.54, 1.807) is 0 Å². The van der Waals surface area contributed by atoms with E-state index in [-0.39, 0.29) is 25.0 Å². The Labute approximate surface area is 94.4 Å². The summed E-state index contributed by atoms with van der Waals surface area (Å²) in [5.74, 6) is -3.04. The molecule has 3 nitrogen and oxygen atoms in total. The molecule has 2 N–H and O–H groups in total. The van der Waals surface area contributed by atoms with Gasteiger partial charge in [-0.1, -0.05) is 12.8 Å². The van der Waals surface area contributed by atoms with Crippen molar-refractivity contribution in [1.29, 1.82) is 0 Å². The minimum absolute atomic E-state index is 0.0621. The fourth-order valence-corrected chi connectivity index (χ4v) is 2.11. The highest BCUT2D eigenvalue weighted by molar-refractivity contribution is 4.75. The van der Waals surface area contributed by atoms with Crippen LogP contribution in [0.25, 0.3) is 0 Å². The third-order valence-corrected chi connectivity index (χ3v) is 3.20. The Kier molecular flexibility index (Phi) is 5.08. The van der Waals surface area contributed by atoms with Crippen LogP contribution in [-0.4, -0.2) is 35.6 Å². The first-order chi connectivity index (χ1) is 7.45. The van der Waals surface area contributed by atoms with Crippen molar-refractivity contribution in [3.8, 4) is 0 Å². The van der Waals surface area contributed by atoms with Crippen LogP contribution in [0.2, 0.25) is 0 Å². The Morgan fingerprint density at radius 2 is 1.88 bits per heavy atom. The minimum atomic E-state index is -3.23. The zero-order chi connectivity index (χ0) is 12.2. The summed E-state index contributed by atoms with van der Waals surface area (Å²) < 4.78 is 30.0. The van der Waals surface area contributed by atoms with Crippen molar-refractivity contribution < 1.29 is 23.7 Å². The maximum atomic E-state index is 12.6. The van der Waals surface area contributed by atoms with Crippen molar-refractivity contribution in [3.63, 3.8) is 0 Å². The summed E-state index contributed by atoms with van der Waals surface area (Å²) in [6.07, 6.45) is 1.82. The molecule has 0 bridgehead atoms. The highest BCUT2D eigenvalue weighted by Crippen LogP contribution is 2.30. The molecule has 0 heterocycles. The second-order valence-corrected chi connectivity index (χ2v) is 4.63. The van der Waals surface area contributed by atoms with E-state index in [1.165, 1.54) is 0 Å². The van der Waals surface area contributed by atoms with Gasteiger partial charge in [0, 0.05) is 13.5 Å². The summed E-state index contributed by atoms with van der Waals surface area (Å²) in [4.78, 5) is 0. The van der Waals surface area contributed by atoms with Gasteiger partial charge < -0.3 is 14.9 Å². The molecule has 0 saturated heterocycles. The Bertz CT molecular complexity index is 206. The van der Waals surface area contributed by atoms with Crippen molar-refractivity contribution in [2.45, 2.75) is 44.8 Å². The monoisotopic (exact) mass is 238 g/mol. The maximum absolute atomic E-state index is 12.6. The molecule has 0 amide bonds. The number of ether oxygens (including phenoxy) is 1. The Morgan fingerprint density at radius 3 is 2.38 bits per heavy atom. The van der Waals surface area contributed by atoms with E-state index in [1.807, 2.05) is 0 Å². The molecule has 3 atom stereocenters. The van der Waals surface area contributed by atoms with E-state index in [2.05, 4.69) is 0 Å². The Hall–Kier alpha value is -0.260. The summed E-state index contributed by atoms with van der Waals surface area (Å²) in [5, 5.41) is 18.2. The van der Waals surface area contributed by atoms with Crippen LogP contribution in [-0.2, 0) is 4.74 Å². The quantitative estimate of drug-likeness (QED) is 0.718. The van der Waals surface area contributed by atoms with Crippen LogP contribution in [0.4, 0.5) is 8.78 Å². The highest BCUT2D eigenvalue weighted by Gasteiger charge is 2.35. The zero-order valence-corrected chi connectivity index (χ0v) is 9.53. The van der Waals surface area contributed by atoms with Crippen LogP contribution >= 0.6 is 0 Å². The van der Waals surface area contributed by atoms with E-state index < -0.39 is 12.2 Å². The van der Waals surface area contributed by atoms with Gasteiger partial charge in [-0.15, -0.1) is 0 Å². The van der Waals surface area contributed by atoms with Crippen molar-refractivity contribution >= 4 is 0 Å². The van der Waals surface area contributed by atoms with Gasteiger partial charge in [0.1, 0.15) is 0 Å². The molecule has 0 spiro atoms. The van der Waals surface area contributed by atoms with Crippen LogP contribution in [0.5, 0.6) is 0 Å². The van der Waals surface area contributed by atoms with Crippen molar-refractivity contribution in [2.75, 3.05) is 13.2 Å². The van der Waals surface area contributed by atoms with Gasteiger partial charge in [0.25, 0.3) is 5.92 Å². The van der Waals surface area contributed by atoms with E-state index in [9.17, 15) is 8.78 Å². The fraction of sp³-hybridized carbons (Fsp3) is 1.00. The maximum Gasteiger partial charge on any atom is 0.295 e. The largest absolute Gasteiger partial charge is 0.396 e. The molecule has 0 aromatic rings. The molecule has 16 heavy (non-hydrogen) atoms. The third kappa shape index (κ3) is 3.96. The lowest BCUT2D eigenvalue weighted by Gasteiger charge is -2.31. The number of rotatable bonds is 5. The molecule has 1 saturated carbocycles. The lowest BCUT2D eigenvalue weighted by atomic mass is 9.80. The number of halogens is 2. The number of hydrogen-bond donors (Lipinski definition) is 2. The predicted octanol–water partition coefficient (Wildman–Crippen LogP) is 1.78. The van der Waals surface area contributed by atoms with Gasteiger partial charge in [0.2, 0.25) is 6.29 Å². The number of aliphatic hydroxyl groups excluding tert-OH is 2. The van der Waals surface area contributed by atoms with Gasteiger partial charge in [0.15, 0.2) is 0 Å². The molecule has 5 heteroatoms.